The minimum absolute atomic E-state index is 0.243. The van der Waals surface area contributed by atoms with E-state index in [-0.39, 0.29) is 11.5 Å². The molecule has 1 N–H and O–H groups in total. The van der Waals surface area contributed by atoms with Crippen LogP contribution in [0, 0.1) is 6.92 Å². The first-order valence-electron chi connectivity index (χ1n) is 5.62. The summed E-state index contributed by atoms with van der Waals surface area (Å²) >= 11 is 0. The number of hydrogen-bond donors (Lipinski definition) is 1. The second kappa shape index (κ2) is 3.51. The van der Waals surface area contributed by atoms with Crippen molar-refractivity contribution in [2.24, 2.45) is 0 Å². The number of carboxylic acids is 1. The number of rotatable bonds is 2. The first-order chi connectivity index (χ1) is 8.18. The topological polar surface area (TPSA) is 80.4 Å². The molecule has 3 rings (SSSR count). The van der Waals surface area contributed by atoms with E-state index in [0.717, 1.165) is 30.7 Å². The highest BCUT2D eigenvalue weighted by Gasteiger charge is 2.28. The Morgan fingerprint density at radius 1 is 1.53 bits per heavy atom. The van der Waals surface area contributed by atoms with Crippen molar-refractivity contribution < 1.29 is 9.90 Å². The van der Waals surface area contributed by atoms with Crippen LogP contribution in [0.15, 0.2) is 6.20 Å². The molecule has 0 unspecified atom stereocenters. The summed E-state index contributed by atoms with van der Waals surface area (Å²) in [5.41, 5.74) is 2.36. The van der Waals surface area contributed by atoms with E-state index in [1.54, 1.807) is 4.52 Å². The summed E-state index contributed by atoms with van der Waals surface area (Å²) in [6.45, 7) is 1.82. The molecular weight excluding hydrogens is 220 g/mol. The molecule has 0 aromatic carbocycles. The first-order valence-corrected chi connectivity index (χ1v) is 5.62. The van der Waals surface area contributed by atoms with Crippen LogP contribution in [0.25, 0.3) is 5.65 Å². The van der Waals surface area contributed by atoms with Gasteiger partial charge in [0.15, 0.2) is 5.65 Å². The second-order valence-electron chi connectivity index (χ2n) is 4.40. The van der Waals surface area contributed by atoms with E-state index in [9.17, 15) is 9.90 Å². The lowest BCUT2D eigenvalue weighted by atomic mass is 9.81. The Bertz CT molecular complexity index is 601. The molecule has 88 valence electrons. The minimum Gasteiger partial charge on any atom is -0.478 e. The molecule has 2 aromatic rings. The van der Waals surface area contributed by atoms with E-state index in [1.165, 1.54) is 6.20 Å². The fourth-order valence-electron chi connectivity index (χ4n) is 2.21. The van der Waals surface area contributed by atoms with Crippen LogP contribution >= 0.6 is 0 Å². The Morgan fingerprint density at radius 3 is 2.88 bits per heavy atom. The lowest BCUT2D eigenvalue weighted by molar-refractivity contribution is 0.0692. The van der Waals surface area contributed by atoms with Gasteiger partial charge < -0.3 is 5.11 Å². The zero-order valence-electron chi connectivity index (χ0n) is 9.42. The molecule has 0 spiro atoms. The monoisotopic (exact) mass is 232 g/mol. The summed E-state index contributed by atoms with van der Waals surface area (Å²) in [4.78, 5) is 15.3. The molecule has 2 heterocycles. The number of fused-ring (bicyclic) bond motifs is 1. The number of aromatic carboxylic acids is 1. The lowest BCUT2D eigenvalue weighted by Gasteiger charge is -2.26. The SMILES string of the molecule is Cc1nnn2c(C3CCC3)c(C(=O)O)cnc12. The molecule has 1 aliphatic carbocycles. The van der Waals surface area contributed by atoms with Crippen LogP contribution in [-0.4, -0.2) is 30.9 Å². The first kappa shape index (κ1) is 10.2. The number of carboxylic acid groups (broad SMARTS) is 1. The average Bonchev–Trinajstić information content (AvgIpc) is 2.58. The van der Waals surface area contributed by atoms with Crippen LogP contribution in [0.4, 0.5) is 0 Å². The van der Waals surface area contributed by atoms with Crippen molar-refractivity contribution >= 4 is 11.6 Å². The molecule has 1 fully saturated rings. The molecular formula is C11H12N4O2. The predicted molar refractivity (Wildman–Crippen MR) is 59.1 cm³/mol. The summed E-state index contributed by atoms with van der Waals surface area (Å²) in [6, 6.07) is 0. The van der Waals surface area contributed by atoms with Gasteiger partial charge in [0.2, 0.25) is 0 Å². The molecule has 0 bridgehead atoms. The molecule has 0 saturated heterocycles. The quantitative estimate of drug-likeness (QED) is 0.846. The van der Waals surface area contributed by atoms with Crippen molar-refractivity contribution in [3.05, 3.63) is 23.1 Å². The van der Waals surface area contributed by atoms with Crippen molar-refractivity contribution in [1.29, 1.82) is 0 Å². The Labute approximate surface area is 97.3 Å². The molecule has 1 aliphatic rings. The maximum atomic E-state index is 11.2. The minimum atomic E-state index is -0.950. The van der Waals surface area contributed by atoms with Gasteiger partial charge in [-0.25, -0.2) is 9.78 Å². The van der Waals surface area contributed by atoms with Gasteiger partial charge in [0.25, 0.3) is 0 Å². The third-order valence-corrected chi connectivity index (χ3v) is 3.35. The van der Waals surface area contributed by atoms with Crippen molar-refractivity contribution in [2.45, 2.75) is 32.1 Å². The average molecular weight is 232 g/mol. The van der Waals surface area contributed by atoms with Gasteiger partial charge in [-0.15, -0.1) is 5.10 Å². The van der Waals surface area contributed by atoms with Crippen molar-refractivity contribution in [1.82, 2.24) is 19.8 Å². The van der Waals surface area contributed by atoms with Crippen LogP contribution < -0.4 is 0 Å². The molecule has 2 aromatic heterocycles. The number of nitrogens with zero attached hydrogens (tertiary/aromatic N) is 4. The van der Waals surface area contributed by atoms with Crippen LogP contribution in [0.5, 0.6) is 0 Å². The predicted octanol–water partition coefficient (Wildman–Crippen LogP) is 1.40. The van der Waals surface area contributed by atoms with Gasteiger partial charge in [-0.2, -0.15) is 4.52 Å². The highest BCUT2D eigenvalue weighted by atomic mass is 16.4. The summed E-state index contributed by atoms with van der Waals surface area (Å²) in [7, 11) is 0. The third kappa shape index (κ3) is 1.40. The van der Waals surface area contributed by atoms with Gasteiger partial charge in [-0.1, -0.05) is 11.6 Å². The van der Waals surface area contributed by atoms with Gasteiger partial charge in [0.1, 0.15) is 5.69 Å². The number of hydrogen-bond acceptors (Lipinski definition) is 4. The van der Waals surface area contributed by atoms with E-state index >= 15 is 0 Å². The van der Waals surface area contributed by atoms with E-state index in [2.05, 4.69) is 15.3 Å². The third-order valence-electron chi connectivity index (χ3n) is 3.35. The summed E-state index contributed by atoms with van der Waals surface area (Å²) in [5, 5.41) is 17.2. The van der Waals surface area contributed by atoms with E-state index < -0.39 is 5.97 Å². The zero-order chi connectivity index (χ0) is 12.0. The van der Waals surface area contributed by atoms with Gasteiger partial charge in [0.05, 0.1) is 11.3 Å². The van der Waals surface area contributed by atoms with E-state index in [1.807, 2.05) is 6.92 Å². The fraction of sp³-hybridized carbons (Fsp3) is 0.455. The zero-order valence-corrected chi connectivity index (χ0v) is 9.42. The van der Waals surface area contributed by atoms with Crippen molar-refractivity contribution in [3.8, 4) is 0 Å². The number of aromatic nitrogens is 4. The highest BCUT2D eigenvalue weighted by molar-refractivity contribution is 5.89. The van der Waals surface area contributed by atoms with Crippen molar-refractivity contribution in [2.75, 3.05) is 0 Å². The normalized spacial score (nSPS) is 16.1. The molecule has 17 heavy (non-hydrogen) atoms. The standard InChI is InChI=1S/C11H12N4O2/c1-6-10-12-5-8(11(16)17)9(7-3-2-4-7)15(10)14-13-6/h5,7H,2-4H2,1H3,(H,16,17). The maximum absolute atomic E-state index is 11.2. The van der Waals surface area contributed by atoms with Gasteiger partial charge in [0, 0.05) is 12.1 Å². The van der Waals surface area contributed by atoms with E-state index in [0.29, 0.717) is 5.65 Å². The maximum Gasteiger partial charge on any atom is 0.339 e. The number of aryl methyl sites for hydroxylation is 1. The molecule has 6 heteroatoms. The summed E-state index contributed by atoms with van der Waals surface area (Å²) < 4.78 is 1.59. The molecule has 0 amide bonds. The largest absolute Gasteiger partial charge is 0.478 e. The lowest BCUT2D eigenvalue weighted by Crippen LogP contribution is -2.19. The van der Waals surface area contributed by atoms with Gasteiger partial charge in [-0.3, -0.25) is 0 Å². The smallest absolute Gasteiger partial charge is 0.339 e. The Balaban J connectivity index is 2.30. The summed E-state index contributed by atoms with van der Waals surface area (Å²) in [5.74, 6) is -0.679. The van der Waals surface area contributed by atoms with Crippen LogP contribution in [0.1, 0.15) is 46.9 Å². The fourth-order valence-corrected chi connectivity index (χ4v) is 2.21. The Hall–Kier alpha value is -1.98. The van der Waals surface area contributed by atoms with Crippen LogP contribution in [0.2, 0.25) is 0 Å². The van der Waals surface area contributed by atoms with Gasteiger partial charge in [-0.05, 0) is 19.8 Å². The molecule has 0 radical (unpaired) electrons. The summed E-state index contributed by atoms with van der Waals surface area (Å²) in [6.07, 6.45) is 4.58. The molecule has 1 saturated carbocycles. The Morgan fingerprint density at radius 2 is 2.29 bits per heavy atom. The second-order valence-corrected chi connectivity index (χ2v) is 4.40. The van der Waals surface area contributed by atoms with Crippen LogP contribution in [0.3, 0.4) is 0 Å². The highest BCUT2D eigenvalue weighted by Crippen LogP contribution is 2.37. The van der Waals surface area contributed by atoms with Gasteiger partial charge >= 0.3 is 5.97 Å². The number of carbonyl (C=O) groups is 1. The van der Waals surface area contributed by atoms with Crippen molar-refractivity contribution in [3.63, 3.8) is 0 Å². The van der Waals surface area contributed by atoms with E-state index in [4.69, 9.17) is 0 Å². The van der Waals surface area contributed by atoms with Crippen LogP contribution in [-0.2, 0) is 0 Å². The Kier molecular flexibility index (Phi) is 2.10. The molecule has 6 nitrogen and oxygen atoms in total. The molecule has 0 aliphatic heterocycles. The molecule has 0 atom stereocenters.